The Labute approximate surface area is 159 Å². The van der Waals surface area contributed by atoms with Crippen LogP contribution in [-0.4, -0.2) is 54.0 Å². The molecule has 0 aliphatic carbocycles. The predicted molar refractivity (Wildman–Crippen MR) is 103 cm³/mol. The molecule has 0 saturated carbocycles. The van der Waals surface area contributed by atoms with E-state index >= 15 is 0 Å². The summed E-state index contributed by atoms with van der Waals surface area (Å²) in [5, 5.41) is 10.9. The number of likely N-dealkylation sites (tertiary alicyclic amines) is 1. The van der Waals surface area contributed by atoms with Crippen LogP contribution in [0.15, 0.2) is 36.7 Å². The summed E-state index contributed by atoms with van der Waals surface area (Å²) in [6.07, 6.45) is 7.20. The second-order valence-electron chi connectivity index (χ2n) is 7.61. The predicted octanol–water partition coefficient (Wildman–Crippen LogP) is 2.17. The number of benzene rings is 1. The fraction of sp³-hybridized carbons (Fsp3) is 0.500. The van der Waals surface area contributed by atoms with Crippen molar-refractivity contribution >= 4 is 6.03 Å². The van der Waals surface area contributed by atoms with Crippen LogP contribution in [0.5, 0.6) is 5.75 Å². The molecule has 2 saturated heterocycles. The minimum absolute atomic E-state index is 0.0232. The third kappa shape index (κ3) is 3.93. The molecule has 2 aliphatic rings. The summed E-state index contributed by atoms with van der Waals surface area (Å²) in [6, 6.07) is 7.76. The topological polar surface area (TPSA) is 71.4 Å². The summed E-state index contributed by atoms with van der Waals surface area (Å²) in [6.45, 7) is 4.28. The quantitative estimate of drug-likeness (QED) is 0.866. The maximum absolute atomic E-state index is 12.6. The first-order valence-corrected chi connectivity index (χ1v) is 9.59. The molecular weight excluding hydrogens is 342 g/mol. The molecule has 0 radical (unpaired) electrons. The van der Waals surface area contributed by atoms with Crippen molar-refractivity contribution in [3.63, 3.8) is 0 Å². The van der Waals surface area contributed by atoms with E-state index in [0.717, 1.165) is 49.6 Å². The van der Waals surface area contributed by atoms with Gasteiger partial charge in [0, 0.05) is 49.4 Å². The van der Waals surface area contributed by atoms with Gasteiger partial charge in [0.2, 0.25) is 0 Å². The number of methoxy groups -OCH3 is 1. The highest BCUT2D eigenvalue weighted by atomic mass is 16.5. The summed E-state index contributed by atoms with van der Waals surface area (Å²) < 4.78 is 7.06. The molecule has 27 heavy (non-hydrogen) atoms. The summed E-state index contributed by atoms with van der Waals surface area (Å²) >= 11 is 0. The van der Waals surface area contributed by atoms with E-state index in [1.54, 1.807) is 18.0 Å². The highest BCUT2D eigenvalue weighted by Crippen LogP contribution is 2.35. The fourth-order valence-electron chi connectivity index (χ4n) is 4.16. The minimum Gasteiger partial charge on any atom is -0.497 e. The number of carbonyl (C=O) groups is 1. The molecule has 3 heterocycles. The van der Waals surface area contributed by atoms with E-state index in [9.17, 15) is 4.79 Å². The molecule has 2 aliphatic heterocycles. The summed E-state index contributed by atoms with van der Waals surface area (Å²) in [5.74, 6) is 0.790. The van der Waals surface area contributed by atoms with Crippen LogP contribution >= 0.6 is 0 Å². The SMILES string of the molecule is COc1cccc(-n2cc(CNC(=O)N3CCCC4(CCNC4)C3)cn2)c1. The fourth-order valence-corrected chi connectivity index (χ4v) is 4.16. The lowest BCUT2D eigenvalue weighted by Crippen LogP contribution is -2.50. The van der Waals surface area contributed by atoms with Crippen LogP contribution < -0.4 is 15.4 Å². The van der Waals surface area contributed by atoms with Gasteiger partial charge in [-0.05, 0) is 37.9 Å². The standard InChI is InChI=1S/C20H27N5O2/c1-27-18-5-2-4-17(10-18)25-13-16(12-23-25)11-22-19(26)24-9-3-6-20(15-24)7-8-21-14-20/h2,4-5,10,12-13,21H,3,6-9,11,14-15H2,1H3,(H,22,26). The van der Waals surface area contributed by atoms with Crippen molar-refractivity contribution in [3.05, 3.63) is 42.2 Å². The lowest BCUT2D eigenvalue weighted by atomic mass is 9.79. The number of aromatic nitrogens is 2. The minimum atomic E-state index is 0.0232. The highest BCUT2D eigenvalue weighted by molar-refractivity contribution is 5.74. The van der Waals surface area contributed by atoms with Gasteiger partial charge in [-0.25, -0.2) is 9.48 Å². The van der Waals surface area contributed by atoms with Gasteiger partial charge in [0.15, 0.2) is 0 Å². The third-order valence-electron chi connectivity index (χ3n) is 5.68. The van der Waals surface area contributed by atoms with E-state index in [1.165, 1.54) is 12.8 Å². The van der Waals surface area contributed by atoms with Gasteiger partial charge in [0.05, 0.1) is 19.0 Å². The van der Waals surface area contributed by atoms with Crippen molar-refractivity contribution < 1.29 is 9.53 Å². The highest BCUT2D eigenvalue weighted by Gasteiger charge is 2.39. The zero-order valence-corrected chi connectivity index (χ0v) is 15.8. The van der Waals surface area contributed by atoms with Crippen LogP contribution in [0.2, 0.25) is 0 Å². The Hall–Kier alpha value is -2.54. The molecule has 1 aromatic carbocycles. The first kappa shape index (κ1) is 17.9. The molecule has 1 aromatic heterocycles. The molecular formula is C20H27N5O2. The molecule has 2 fully saturated rings. The summed E-state index contributed by atoms with van der Waals surface area (Å²) in [5.41, 5.74) is 2.19. The second kappa shape index (κ2) is 7.60. The van der Waals surface area contributed by atoms with Crippen molar-refractivity contribution in [2.75, 3.05) is 33.3 Å². The summed E-state index contributed by atoms with van der Waals surface area (Å²) in [4.78, 5) is 14.6. The first-order valence-electron chi connectivity index (χ1n) is 9.59. The van der Waals surface area contributed by atoms with Gasteiger partial charge >= 0.3 is 6.03 Å². The Morgan fingerprint density at radius 2 is 2.33 bits per heavy atom. The zero-order chi connectivity index (χ0) is 18.7. The van der Waals surface area contributed by atoms with Crippen molar-refractivity contribution in [2.45, 2.75) is 25.8 Å². The molecule has 1 atom stereocenters. The summed E-state index contributed by atoms with van der Waals surface area (Å²) in [7, 11) is 1.65. The number of nitrogens with zero attached hydrogens (tertiary/aromatic N) is 3. The van der Waals surface area contributed by atoms with E-state index in [1.807, 2.05) is 35.4 Å². The number of amides is 2. The molecule has 1 spiro atoms. The average molecular weight is 369 g/mol. The van der Waals surface area contributed by atoms with E-state index in [2.05, 4.69) is 15.7 Å². The number of piperidine rings is 1. The normalized spacial score (nSPS) is 22.2. The third-order valence-corrected chi connectivity index (χ3v) is 5.68. The van der Waals surface area contributed by atoms with Gasteiger partial charge in [0.1, 0.15) is 5.75 Å². The van der Waals surface area contributed by atoms with Gasteiger partial charge in [-0.2, -0.15) is 5.10 Å². The Kier molecular flexibility index (Phi) is 5.03. The Balaban J connectivity index is 1.35. The van der Waals surface area contributed by atoms with Crippen LogP contribution in [0.25, 0.3) is 5.69 Å². The molecule has 2 amide bonds. The van der Waals surface area contributed by atoms with Crippen molar-refractivity contribution in [1.29, 1.82) is 0 Å². The lowest BCUT2D eigenvalue weighted by molar-refractivity contribution is 0.118. The number of carbonyl (C=O) groups excluding carboxylic acids is 1. The number of rotatable bonds is 4. The second-order valence-corrected chi connectivity index (χ2v) is 7.61. The molecule has 2 aromatic rings. The smallest absolute Gasteiger partial charge is 0.317 e. The number of hydrogen-bond acceptors (Lipinski definition) is 4. The number of nitrogens with one attached hydrogen (secondary N) is 2. The largest absolute Gasteiger partial charge is 0.497 e. The molecule has 1 unspecified atom stereocenters. The van der Waals surface area contributed by atoms with Crippen LogP contribution in [-0.2, 0) is 6.54 Å². The van der Waals surface area contributed by atoms with Crippen LogP contribution in [0, 0.1) is 5.41 Å². The molecule has 0 bridgehead atoms. The Morgan fingerprint density at radius 1 is 1.41 bits per heavy atom. The van der Waals surface area contributed by atoms with Crippen molar-refractivity contribution in [2.24, 2.45) is 5.41 Å². The molecule has 2 N–H and O–H groups in total. The average Bonchev–Trinajstić information content (AvgIpc) is 3.36. The van der Waals surface area contributed by atoms with Crippen LogP contribution in [0.3, 0.4) is 0 Å². The molecule has 7 heteroatoms. The maximum Gasteiger partial charge on any atom is 0.317 e. The van der Waals surface area contributed by atoms with Gasteiger partial charge in [-0.3, -0.25) is 0 Å². The van der Waals surface area contributed by atoms with E-state index < -0.39 is 0 Å². The van der Waals surface area contributed by atoms with Crippen molar-refractivity contribution in [1.82, 2.24) is 25.3 Å². The lowest BCUT2D eigenvalue weighted by Gasteiger charge is -2.39. The monoisotopic (exact) mass is 369 g/mol. The van der Waals surface area contributed by atoms with E-state index in [0.29, 0.717) is 6.54 Å². The van der Waals surface area contributed by atoms with Gasteiger partial charge in [0.25, 0.3) is 0 Å². The van der Waals surface area contributed by atoms with Gasteiger partial charge < -0.3 is 20.3 Å². The Bertz CT molecular complexity index is 797. The van der Waals surface area contributed by atoms with E-state index in [4.69, 9.17) is 4.74 Å². The molecule has 144 valence electrons. The number of urea groups is 1. The van der Waals surface area contributed by atoms with Crippen LogP contribution in [0.1, 0.15) is 24.8 Å². The maximum atomic E-state index is 12.6. The Morgan fingerprint density at radius 3 is 3.15 bits per heavy atom. The molecule has 7 nitrogen and oxygen atoms in total. The molecule has 4 rings (SSSR count). The van der Waals surface area contributed by atoms with Gasteiger partial charge in [-0.1, -0.05) is 6.07 Å². The first-order chi connectivity index (χ1) is 13.2. The zero-order valence-electron chi connectivity index (χ0n) is 15.8. The van der Waals surface area contributed by atoms with E-state index in [-0.39, 0.29) is 11.4 Å². The number of ether oxygens (including phenoxy) is 1. The van der Waals surface area contributed by atoms with Crippen LogP contribution in [0.4, 0.5) is 4.79 Å². The van der Waals surface area contributed by atoms with Crippen molar-refractivity contribution in [3.8, 4) is 11.4 Å². The van der Waals surface area contributed by atoms with Gasteiger partial charge in [-0.15, -0.1) is 0 Å². The number of hydrogen-bond donors (Lipinski definition) is 2.